The lowest BCUT2D eigenvalue weighted by Gasteiger charge is -2.38. The Morgan fingerprint density at radius 3 is 2.38 bits per heavy atom. The molecule has 0 atom stereocenters. The lowest BCUT2D eigenvalue weighted by molar-refractivity contribution is -0.134. The van der Waals surface area contributed by atoms with Gasteiger partial charge in [-0.05, 0) is 66.5 Å². The van der Waals surface area contributed by atoms with E-state index in [0.717, 1.165) is 64.8 Å². The highest BCUT2D eigenvalue weighted by Crippen LogP contribution is 2.17. The minimum Gasteiger partial charge on any atom is -0.338 e. The molecule has 0 radical (unpaired) electrons. The number of nitrogens with zero attached hydrogens (tertiary/aromatic N) is 3. The molecule has 1 saturated heterocycles. The zero-order valence-electron chi connectivity index (χ0n) is 14.2. The van der Waals surface area contributed by atoms with Gasteiger partial charge in [-0.25, -0.2) is 0 Å². The second kappa shape index (κ2) is 10.1. The number of carbonyl (C=O) groups is 1. The van der Waals surface area contributed by atoms with Crippen molar-refractivity contribution in [3.8, 4) is 0 Å². The van der Waals surface area contributed by atoms with E-state index in [-0.39, 0.29) is 0 Å². The Kier molecular flexibility index (Phi) is 8.88. The number of hydrogen-bond donors (Lipinski definition) is 1. The summed E-state index contributed by atoms with van der Waals surface area (Å²) in [6, 6.07) is 0.433. The van der Waals surface area contributed by atoms with E-state index < -0.39 is 0 Å². The summed E-state index contributed by atoms with van der Waals surface area (Å²) in [7, 11) is 6.30. The molecular formula is C16H34N4O. The largest absolute Gasteiger partial charge is 0.338 e. The molecule has 1 fully saturated rings. The molecule has 0 aromatic rings. The smallest absolute Gasteiger partial charge is 0.222 e. The third kappa shape index (κ3) is 7.25. The lowest BCUT2D eigenvalue weighted by atomic mass is 10.0. The van der Waals surface area contributed by atoms with Crippen LogP contribution >= 0.6 is 0 Å². The molecular weight excluding hydrogens is 264 g/mol. The number of piperidine rings is 1. The fourth-order valence-corrected chi connectivity index (χ4v) is 2.87. The van der Waals surface area contributed by atoms with Gasteiger partial charge in [-0.15, -0.1) is 0 Å². The number of hydrogen-bond acceptors (Lipinski definition) is 4. The average molecular weight is 298 g/mol. The molecule has 2 N–H and O–H groups in total. The molecule has 5 heteroatoms. The number of likely N-dealkylation sites (tertiary alicyclic amines) is 1. The molecule has 1 amide bonds. The van der Waals surface area contributed by atoms with Gasteiger partial charge < -0.3 is 20.4 Å². The standard InChI is InChI=1S/C16H34N4O/c1-18(2)13-14-20(15-8-11-19(3)12-9-15)16(21)7-5-4-6-10-17/h15H,4-14,17H2,1-3H3. The SMILES string of the molecule is CN(C)CCN(C(=O)CCCCCN)C1CCN(C)CC1. The molecule has 0 unspecified atom stereocenters. The van der Waals surface area contributed by atoms with Crippen LogP contribution in [0.15, 0.2) is 0 Å². The van der Waals surface area contributed by atoms with E-state index in [2.05, 4.69) is 35.8 Å². The molecule has 0 aromatic heterocycles. The quantitative estimate of drug-likeness (QED) is 0.645. The third-order valence-corrected chi connectivity index (χ3v) is 4.33. The van der Waals surface area contributed by atoms with Gasteiger partial charge in [-0.3, -0.25) is 4.79 Å². The van der Waals surface area contributed by atoms with E-state index in [1.807, 2.05) is 0 Å². The fourth-order valence-electron chi connectivity index (χ4n) is 2.87. The van der Waals surface area contributed by atoms with Crippen molar-refractivity contribution in [1.29, 1.82) is 0 Å². The number of likely N-dealkylation sites (N-methyl/N-ethyl adjacent to an activating group) is 1. The van der Waals surface area contributed by atoms with Crippen LogP contribution in [0.5, 0.6) is 0 Å². The Labute approximate surface area is 130 Å². The van der Waals surface area contributed by atoms with Crippen molar-refractivity contribution in [2.24, 2.45) is 5.73 Å². The fraction of sp³-hybridized carbons (Fsp3) is 0.938. The topological polar surface area (TPSA) is 52.8 Å². The highest BCUT2D eigenvalue weighted by atomic mass is 16.2. The maximum atomic E-state index is 12.6. The molecule has 0 aromatic carbocycles. The van der Waals surface area contributed by atoms with Gasteiger partial charge in [0.05, 0.1) is 0 Å². The van der Waals surface area contributed by atoms with Gasteiger partial charge in [0, 0.05) is 25.6 Å². The number of nitrogens with two attached hydrogens (primary N) is 1. The van der Waals surface area contributed by atoms with Gasteiger partial charge in [-0.1, -0.05) is 6.42 Å². The second-order valence-electron chi connectivity index (χ2n) is 6.52. The molecule has 0 bridgehead atoms. The molecule has 124 valence electrons. The van der Waals surface area contributed by atoms with Crippen LogP contribution in [-0.4, -0.2) is 80.5 Å². The van der Waals surface area contributed by atoms with Crippen molar-refractivity contribution >= 4 is 5.91 Å². The Balaban J connectivity index is 2.48. The molecule has 0 aliphatic carbocycles. The molecule has 1 aliphatic heterocycles. The second-order valence-corrected chi connectivity index (χ2v) is 6.52. The molecule has 1 heterocycles. The van der Waals surface area contributed by atoms with E-state index in [4.69, 9.17) is 5.73 Å². The van der Waals surface area contributed by atoms with Gasteiger partial charge in [0.1, 0.15) is 0 Å². The van der Waals surface area contributed by atoms with Gasteiger partial charge in [0.15, 0.2) is 0 Å². The van der Waals surface area contributed by atoms with E-state index in [0.29, 0.717) is 18.4 Å². The predicted molar refractivity (Wildman–Crippen MR) is 88.3 cm³/mol. The maximum Gasteiger partial charge on any atom is 0.222 e. The number of carbonyl (C=O) groups excluding carboxylic acids is 1. The molecule has 21 heavy (non-hydrogen) atoms. The monoisotopic (exact) mass is 298 g/mol. The van der Waals surface area contributed by atoms with Crippen molar-refractivity contribution in [3.05, 3.63) is 0 Å². The van der Waals surface area contributed by atoms with Crippen molar-refractivity contribution < 1.29 is 4.79 Å². The first-order valence-electron chi connectivity index (χ1n) is 8.37. The van der Waals surface area contributed by atoms with Crippen molar-refractivity contribution in [3.63, 3.8) is 0 Å². The Morgan fingerprint density at radius 2 is 1.81 bits per heavy atom. The zero-order chi connectivity index (χ0) is 15.7. The van der Waals surface area contributed by atoms with Crippen LogP contribution in [0.1, 0.15) is 38.5 Å². The number of rotatable bonds is 9. The Morgan fingerprint density at radius 1 is 1.14 bits per heavy atom. The first-order valence-corrected chi connectivity index (χ1v) is 8.37. The highest BCUT2D eigenvalue weighted by molar-refractivity contribution is 5.76. The summed E-state index contributed by atoms with van der Waals surface area (Å²) in [5.41, 5.74) is 5.51. The molecule has 0 saturated carbocycles. The normalized spacial score (nSPS) is 17.4. The lowest BCUT2D eigenvalue weighted by Crippen LogP contribution is -2.48. The van der Waals surface area contributed by atoms with Crippen LogP contribution in [0.25, 0.3) is 0 Å². The summed E-state index contributed by atoms with van der Waals surface area (Å²) in [4.78, 5) is 19.2. The van der Waals surface area contributed by atoms with Gasteiger partial charge in [-0.2, -0.15) is 0 Å². The Hall–Kier alpha value is -0.650. The van der Waals surface area contributed by atoms with Crippen LogP contribution in [0.2, 0.25) is 0 Å². The molecule has 1 aliphatic rings. The van der Waals surface area contributed by atoms with E-state index >= 15 is 0 Å². The summed E-state index contributed by atoms with van der Waals surface area (Å²) < 4.78 is 0. The molecule has 5 nitrogen and oxygen atoms in total. The summed E-state index contributed by atoms with van der Waals surface area (Å²) in [5.74, 6) is 0.337. The van der Waals surface area contributed by atoms with Crippen LogP contribution in [0.4, 0.5) is 0 Å². The minimum atomic E-state index is 0.337. The number of unbranched alkanes of at least 4 members (excludes halogenated alkanes) is 2. The van der Waals surface area contributed by atoms with Crippen LogP contribution in [0, 0.1) is 0 Å². The zero-order valence-corrected chi connectivity index (χ0v) is 14.2. The van der Waals surface area contributed by atoms with Gasteiger partial charge in [0.2, 0.25) is 5.91 Å². The van der Waals surface area contributed by atoms with Crippen molar-refractivity contribution in [2.45, 2.75) is 44.6 Å². The van der Waals surface area contributed by atoms with E-state index in [1.54, 1.807) is 0 Å². The molecule has 0 spiro atoms. The predicted octanol–water partition coefficient (Wildman–Crippen LogP) is 0.990. The van der Waals surface area contributed by atoms with Crippen LogP contribution in [0.3, 0.4) is 0 Å². The third-order valence-electron chi connectivity index (χ3n) is 4.33. The summed E-state index contributed by atoms with van der Waals surface area (Å²) in [6.07, 6.45) is 5.97. The summed E-state index contributed by atoms with van der Waals surface area (Å²) in [6.45, 7) is 4.73. The van der Waals surface area contributed by atoms with Gasteiger partial charge >= 0.3 is 0 Å². The maximum absolute atomic E-state index is 12.6. The highest BCUT2D eigenvalue weighted by Gasteiger charge is 2.26. The van der Waals surface area contributed by atoms with Gasteiger partial charge in [0.25, 0.3) is 0 Å². The molecule has 1 rings (SSSR count). The summed E-state index contributed by atoms with van der Waals surface area (Å²) in [5, 5.41) is 0. The minimum absolute atomic E-state index is 0.337. The average Bonchev–Trinajstić information content (AvgIpc) is 2.45. The van der Waals surface area contributed by atoms with E-state index in [9.17, 15) is 4.79 Å². The first kappa shape index (κ1) is 18.4. The van der Waals surface area contributed by atoms with Crippen LogP contribution in [-0.2, 0) is 4.79 Å². The number of amides is 1. The van der Waals surface area contributed by atoms with E-state index in [1.165, 1.54) is 0 Å². The van der Waals surface area contributed by atoms with Crippen molar-refractivity contribution in [1.82, 2.24) is 14.7 Å². The Bertz CT molecular complexity index is 288. The summed E-state index contributed by atoms with van der Waals surface area (Å²) >= 11 is 0. The van der Waals surface area contributed by atoms with Crippen molar-refractivity contribution in [2.75, 3.05) is 53.9 Å². The van der Waals surface area contributed by atoms with Crippen LogP contribution < -0.4 is 5.73 Å². The first-order chi connectivity index (χ1) is 10.0.